The average Bonchev–Trinajstić information content (AvgIpc) is 2.35. The van der Waals surface area contributed by atoms with Crippen LogP contribution in [-0.2, 0) is 4.74 Å². The minimum Gasteiger partial charge on any atom is -0.383 e. The lowest BCUT2D eigenvalue weighted by Crippen LogP contribution is -2.47. The van der Waals surface area contributed by atoms with E-state index in [-0.39, 0.29) is 6.04 Å². The second-order valence-electron chi connectivity index (χ2n) is 5.68. The lowest BCUT2D eigenvalue weighted by Gasteiger charge is -2.32. The van der Waals surface area contributed by atoms with E-state index in [0.29, 0.717) is 18.0 Å². The Bertz CT molecular complexity index is 262. The van der Waals surface area contributed by atoms with Crippen molar-refractivity contribution in [3.63, 3.8) is 0 Å². The molecule has 0 saturated heterocycles. The van der Waals surface area contributed by atoms with Gasteiger partial charge in [-0.25, -0.2) is 5.84 Å². The summed E-state index contributed by atoms with van der Waals surface area (Å²) in [6.07, 6.45) is 6.55. The van der Waals surface area contributed by atoms with Gasteiger partial charge in [0.1, 0.15) is 0 Å². The number of rotatable bonds is 5. The van der Waals surface area contributed by atoms with Gasteiger partial charge in [-0.05, 0) is 25.2 Å². The third-order valence-corrected chi connectivity index (χ3v) is 3.62. The molecule has 1 fully saturated rings. The number of ether oxygens (including phenoxy) is 1. The molecule has 1 atom stereocenters. The molecular formula is C13H28N4O. The first kappa shape index (κ1) is 15.2. The lowest BCUT2D eigenvalue weighted by atomic mass is 9.76. The second-order valence-corrected chi connectivity index (χ2v) is 5.68. The standard InChI is InChI=1S/C13H28N4O/c1-11(9-18-3)16-12(17-14)15-10-13(2)7-5-4-6-8-13/h11H,4-10,14H2,1-3H3,(H2,15,16,17). The fourth-order valence-electron chi connectivity index (χ4n) is 2.49. The highest BCUT2D eigenvalue weighted by atomic mass is 16.5. The molecule has 0 aromatic heterocycles. The van der Waals surface area contributed by atoms with E-state index in [0.717, 1.165) is 6.54 Å². The smallest absolute Gasteiger partial charge is 0.206 e. The van der Waals surface area contributed by atoms with Crippen LogP contribution in [0, 0.1) is 5.41 Å². The third-order valence-electron chi connectivity index (χ3n) is 3.62. The van der Waals surface area contributed by atoms with Crippen LogP contribution in [-0.4, -0.2) is 32.3 Å². The average molecular weight is 256 g/mol. The molecule has 0 amide bonds. The van der Waals surface area contributed by atoms with Gasteiger partial charge in [-0.2, -0.15) is 0 Å². The van der Waals surface area contributed by atoms with Gasteiger partial charge in [0.2, 0.25) is 5.96 Å². The van der Waals surface area contributed by atoms with Crippen molar-refractivity contribution in [3.05, 3.63) is 0 Å². The first-order valence-electron chi connectivity index (χ1n) is 6.86. The van der Waals surface area contributed by atoms with Gasteiger partial charge >= 0.3 is 0 Å². The Morgan fingerprint density at radius 2 is 2.06 bits per heavy atom. The number of hydrogen-bond donors (Lipinski definition) is 3. The Labute approximate surface area is 111 Å². The minimum absolute atomic E-state index is 0.198. The third kappa shape index (κ3) is 5.23. The lowest BCUT2D eigenvalue weighted by molar-refractivity contribution is 0.178. The minimum atomic E-state index is 0.198. The van der Waals surface area contributed by atoms with Crippen LogP contribution in [0.5, 0.6) is 0 Å². The van der Waals surface area contributed by atoms with Crippen LogP contribution in [0.1, 0.15) is 46.0 Å². The first-order valence-corrected chi connectivity index (χ1v) is 6.86. The summed E-state index contributed by atoms with van der Waals surface area (Å²) in [4.78, 5) is 4.57. The van der Waals surface area contributed by atoms with Gasteiger partial charge in [0.05, 0.1) is 6.61 Å². The molecule has 4 N–H and O–H groups in total. The second kappa shape index (κ2) is 7.59. The van der Waals surface area contributed by atoms with Gasteiger partial charge in [0.15, 0.2) is 0 Å². The van der Waals surface area contributed by atoms with Crippen molar-refractivity contribution in [2.75, 3.05) is 20.3 Å². The van der Waals surface area contributed by atoms with E-state index >= 15 is 0 Å². The van der Waals surface area contributed by atoms with Crippen LogP contribution in [0.15, 0.2) is 4.99 Å². The van der Waals surface area contributed by atoms with E-state index < -0.39 is 0 Å². The van der Waals surface area contributed by atoms with E-state index in [1.165, 1.54) is 32.1 Å². The van der Waals surface area contributed by atoms with E-state index in [1.807, 2.05) is 6.92 Å². The number of nitrogens with zero attached hydrogens (tertiary/aromatic N) is 1. The van der Waals surface area contributed by atoms with Crippen LogP contribution in [0.25, 0.3) is 0 Å². The Balaban J connectivity index is 2.45. The van der Waals surface area contributed by atoms with Crippen LogP contribution in [0.3, 0.4) is 0 Å². The number of aliphatic imine (C=N–C) groups is 1. The van der Waals surface area contributed by atoms with E-state index in [4.69, 9.17) is 10.6 Å². The molecule has 0 aliphatic heterocycles. The van der Waals surface area contributed by atoms with Crippen molar-refractivity contribution >= 4 is 5.96 Å². The Kier molecular flexibility index (Phi) is 6.43. The highest BCUT2D eigenvalue weighted by Gasteiger charge is 2.26. The number of hydrogen-bond acceptors (Lipinski definition) is 3. The van der Waals surface area contributed by atoms with Gasteiger partial charge in [-0.1, -0.05) is 26.2 Å². The SMILES string of the molecule is COCC(C)NC(=NCC1(C)CCCCC1)NN. The Morgan fingerprint density at radius 1 is 1.39 bits per heavy atom. The molecule has 1 saturated carbocycles. The molecule has 0 bridgehead atoms. The Morgan fingerprint density at radius 3 is 2.61 bits per heavy atom. The first-order chi connectivity index (χ1) is 8.59. The summed E-state index contributed by atoms with van der Waals surface area (Å²) in [6.45, 7) is 5.83. The normalized spacial score (nSPS) is 21.4. The summed E-state index contributed by atoms with van der Waals surface area (Å²) in [6, 6.07) is 0.198. The zero-order chi connectivity index (χ0) is 13.4. The van der Waals surface area contributed by atoms with E-state index in [9.17, 15) is 0 Å². The largest absolute Gasteiger partial charge is 0.383 e. The number of methoxy groups -OCH3 is 1. The fourth-order valence-corrected chi connectivity index (χ4v) is 2.49. The zero-order valence-electron chi connectivity index (χ0n) is 12.0. The molecule has 0 radical (unpaired) electrons. The van der Waals surface area contributed by atoms with Crippen LogP contribution in [0.2, 0.25) is 0 Å². The van der Waals surface area contributed by atoms with Crippen LogP contribution in [0.4, 0.5) is 0 Å². The highest BCUT2D eigenvalue weighted by Crippen LogP contribution is 2.35. The Hall–Kier alpha value is -0.810. The summed E-state index contributed by atoms with van der Waals surface area (Å²) in [5.74, 6) is 6.15. The van der Waals surface area contributed by atoms with Crippen molar-refractivity contribution in [2.45, 2.75) is 52.0 Å². The van der Waals surface area contributed by atoms with Crippen molar-refractivity contribution < 1.29 is 4.74 Å². The maximum Gasteiger partial charge on any atom is 0.206 e. The van der Waals surface area contributed by atoms with Crippen LogP contribution >= 0.6 is 0 Å². The predicted octanol–water partition coefficient (Wildman–Crippen LogP) is 1.40. The predicted molar refractivity (Wildman–Crippen MR) is 75.3 cm³/mol. The van der Waals surface area contributed by atoms with Crippen molar-refractivity contribution in [3.8, 4) is 0 Å². The molecule has 1 unspecified atom stereocenters. The van der Waals surface area contributed by atoms with E-state index in [2.05, 4.69) is 22.7 Å². The van der Waals surface area contributed by atoms with Gasteiger partial charge in [0.25, 0.3) is 0 Å². The molecule has 1 aliphatic carbocycles. The van der Waals surface area contributed by atoms with Crippen LogP contribution < -0.4 is 16.6 Å². The van der Waals surface area contributed by atoms with Crippen molar-refractivity contribution in [2.24, 2.45) is 16.3 Å². The maximum absolute atomic E-state index is 5.49. The molecule has 5 nitrogen and oxygen atoms in total. The monoisotopic (exact) mass is 256 g/mol. The molecule has 5 heteroatoms. The highest BCUT2D eigenvalue weighted by molar-refractivity contribution is 5.79. The summed E-state index contributed by atoms with van der Waals surface area (Å²) >= 11 is 0. The van der Waals surface area contributed by atoms with Crippen molar-refractivity contribution in [1.82, 2.24) is 10.7 Å². The molecule has 18 heavy (non-hydrogen) atoms. The summed E-state index contributed by atoms with van der Waals surface area (Å²) in [5.41, 5.74) is 2.97. The molecule has 1 rings (SSSR count). The molecule has 0 aromatic rings. The summed E-state index contributed by atoms with van der Waals surface area (Å²) < 4.78 is 5.08. The quantitative estimate of drug-likeness (QED) is 0.301. The van der Waals surface area contributed by atoms with E-state index in [1.54, 1.807) is 7.11 Å². The molecule has 106 valence electrons. The summed E-state index contributed by atoms with van der Waals surface area (Å²) in [5, 5.41) is 3.21. The number of hydrazine groups is 1. The molecule has 1 aliphatic rings. The maximum atomic E-state index is 5.49. The topological polar surface area (TPSA) is 71.7 Å². The zero-order valence-corrected chi connectivity index (χ0v) is 12.0. The van der Waals surface area contributed by atoms with Gasteiger partial charge in [-0.3, -0.25) is 10.4 Å². The van der Waals surface area contributed by atoms with Gasteiger partial charge in [-0.15, -0.1) is 0 Å². The molecule has 0 heterocycles. The number of nitrogens with two attached hydrogens (primary N) is 1. The molecule has 0 spiro atoms. The summed E-state index contributed by atoms with van der Waals surface area (Å²) in [7, 11) is 1.69. The van der Waals surface area contributed by atoms with Crippen molar-refractivity contribution in [1.29, 1.82) is 0 Å². The number of guanidine groups is 1. The number of nitrogens with one attached hydrogen (secondary N) is 2. The molecular weight excluding hydrogens is 228 g/mol. The van der Waals surface area contributed by atoms with Gasteiger partial charge in [0, 0.05) is 19.7 Å². The van der Waals surface area contributed by atoms with Gasteiger partial charge < -0.3 is 10.1 Å². The fraction of sp³-hybridized carbons (Fsp3) is 0.923. The molecule has 0 aromatic carbocycles.